The van der Waals surface area contributed by atoms with Gasteiger partial charge in [-0.15, -0.1) is 0 Å². The highest BCUT2D eigenvalue weighted by Gasteiger charge is 2.17. The van der Waals surface area contributed by atoms with Gasteiger partial charge in [0.1, 0.15) is 12.3 Å². The summed E-state index contributed by atoms with van der Waals surface area (Å²) in [6.45, 7) is 5.22. The summed E-state index contributed by atoms with van der Waals surface area (Å²) in [5, 5.41) is 3.20. The van der Waals surface area contributed by atoms with Crippen molar-refractivity contribution in [2.24, 2.45) is 0 Å². The Morgan fingerprint density at radius 1 is 1.12 bits per heavy atom. The van der Waals surface area contributed by atoms with Crippen LogP contribution in [0.2, 0.25) is 5.02 Å². The third-order valence-corrected chi connectivity index (χ3v) is 3.93. The summed E-state index contributed by atoms with van der Waals surface area (Å²) in [7, 11) is 1.51. The van der Waals surface area contributed by atoms with Gasteiger partial charge in [0.15, 0.2) is 0 Å². The highest BCUT2D eigenvalue weighted by Crippen LogP contribution is 2.29. The number of rotatable bonds is 5. The van der Waals surface area contributed by atoms with E-state index in [1.165, 1.54) is 18.9 Å². The van der Waals surface area contributed by atoms with Gasteiger partial charge >= 0.3 is 0 Å². The molecule has 2 aromatic carbocycles. The molecule has 2 amide bonds. The summed E-state index contributed by atoms with van der Waals surface area (Å²) < 4.78 is 5.11. The van der Waals surface area contributed by atoms with Crippen LogP contribution in [0.3, 0.4) is 0 Å². The second-order valence-electron chi connectivity index (χ2n) is 5.85. The van der Waals surface area contributed by atoms with E-state index in [-0.39, 0.29) is 18.4 Å². The van der Waals surface area contributed by atoms with Crippen LogP contribution in [-0.2, 0) is 9.59 Å². The van der Waals surface area contributed by atoms with Crippen molar-refractivity contribution < 1.29 is 14.3 Å². The molecule has 0 spiro atoms. The van der Waals surface area contributed by atoms with Gasteiger partial charge in [-0.1, -0.05) is 17.7 Å². The van der Waals surface area contributed by atoms with E-state index in [1.54, 1.807) is 18.2 Å². The number of benzene rings is 2. The molecule has 0 atom stereocenters. The number of carbonyl (C=O) groups excluding carboxylic acids is 2. The van der Waals surface area contributed by atoms with E-state index in [1.807, 2.05) is 32.0 Å². The molecule has 0 aliphatic rings. The van der Waals surface area contributed by atoms with E-state index in [0.29, 0.717) is 22.1 Å². The first-order valence-electron chi connectivity index (χ1n) is 7.80. The number of methoxy groups -OCH3 is 1. The van der Waals surface area contributed by atoms with Crippen molar-refractivity contribution in [1.29, 1.82) is 0 Å². The fourth-order valence-electron chi connectivity index (χ4n) is 2.60. The van der Waals surface area contributed by atoms with Crippen LogP contribution in [0.25, 0.3) is 0 Å². The van der Waals surface area contributed by atoms with Gasteiger partial charge in [-0.2, -0.15) is 0 Å². The molecule has 0 aliphatic carbocycles. The number of halogens is 1. The van der Waals surface area contributed by atoms with Crippen molar-refractivity contribution in [3.05, 3.63) is 52.5 Å². The summed E-state index contributed by atoms with van der Waals surface area (Å²) in [5.41, 5.74) is 3.36. The molecular weight excluding hydrogens is 340 g/mol. The molecule has 1 N–H and O–H groups in total. The van der Waals surface area contributed by atoms with E-state index < -0.39 is 0 Å². The third-order valence-electron chi connectivity index (χ3n) is 3.63. The molecule has 2 rings (SSSR count). The first-order chi connectivity index (χ1) is 11.8. The van der Waals surface area contributed by atoms with Crippen LogP contribution < -0.4 is 15.0 Å². The lowest BCUT2D eigenvalue weighted by molar-refractivity contribution is -0.120. The lowest BCUT2D eigenvalue weighted by Crippen LogP contribution is -2.36. The fraction of sp³-hybridized carbons (Fsp3) is 0.263. The summed E-state index contributed by atoms with van der Waals surface area (Å²) in [6.07, 6.45) is 0. The maximum Gasteiger partial charge on any atom is 0.244 e. The topological polar surface area (TPSA) is 58.6 Å². The predicted molar refractivity (Wildman–Crippen MR) is 101 cm³/mol. The number of aryl methyl sites for hydroxylation is 2. The van der Waals surface area contributed by atoms with Gasteiger partial charge in [-0.05, 0) is 55.3 Å². The van der Waals surface area contributed by atoms with Crippen LogP contribution in [-0.4, -0.2) is 25.5 Å². The Kier molecular flexibility index (Phi) is 6.04. The lowest BCUT2D eigenvalue weighted by atomic mass is 10.1. The van der Waals surface area contributed by atoms with Crippen molar-refractivity contribution in [2.75, 3.05) is 23.9 Å². The monoisotopic (exact) mass is 360 g/mol. The molecule has 25 heavy (non-hydrogen) atoms. The van der Waals surface area contributed by atoms with E-state index in [4.69, 9.17) is 16.3 Å². The van der Waals surface area contributed by atoms with Gasteiger partial charge < -0.3 is 15.0 Å². The molecule has 0 aliphatic heterocycles. The molecule has 0 radical (unpaired) electrons. The Morgan fingerprint density at radius 3 is 2.28 bits per heavy atom. The molecule has 0 bridgehead atoms. The van der Waals surface area contributed by atoms with Crippen LogP contribution in [0, 0.1) is 13.8 Å². The third kappa shape index (κ3) is 4.97. The smallest absolute Gasteiger partial charge is 0.244 e. The van der Waals surface area contributed by atoms with E-state index in [9.17, 15) is 9.59 Å². The largest absolute Gasteiger partial charge is 0.495 e. The average Bonchev–Trinajstić information content (AvgIpc) is 2.51. The fourth-order valence-corrected chi connectivity index (χ4v) is 2.85. The highest BCUT2D eigenvalue weighted by molar-refractivity contribution is 6.32. The SMILES string of the molecule is COc1ccc(N(CC(=O)Nc2cc(C)cc(C)c2)C(C)=O)cc1Cl. The van der Waals surface area contributed by atoms with Crippen molar-refractivity contribution in [2.45, 2.75) is 20.8 Å². The lowest BCUT2D eigenvalue weighted by Gasteiger charge is -2.21. The minimum atomic E-state index is -0.285. The van der Waals surface area contributed by atoms with E-state index >= 15 is 0 Å². The van der Waals surface area contributed by atoms with Crippen molar-refractivity contribution in [3.63, 3.8) is 0 Å². The molecule has 0 fully saturated rings. The summed E-state index contributed by atoms with van der Waals surface area (Å²) in [4.78, 5) is 25.7. The first-order valence-corrected chi connectivity index (χ1v) is 8.17. The zero-order valence-corrected chi connectivity index (χ0v) is 15.5. The molecule has 0 saturated carbocycles. The Morgan fingerprint density at radius 2 is 1.76 bits per heavy atom. The van der Waals surface area contributed by atoms with Gasteiger partial charge in [-0.25, -0.2) is 0 Å². The second kappa shape index (κ2) is 8.03. The molecule has 0 aromatic heterocycles. The van der Waals surface area contributed by atoms with Gasteiger partial charge in [0.25, 0.3) is 0 Å². The average molecular weight is 361 g/mol. The quantitative estimate of drug-likeness (QED) is 0.878. The van der Waals surface area contributed by atoms with E-state index in [0.717, 1.165) is 11.1 Å². The molecule has 132 valence electrons. The number of ether oxygens (including phenoxy) is 1. The number of hydrogen-bond donors (Lipinski definition) is 1. The number of amides is 2. The Labute approximate surface area is 152 Å². The minimum Gasteiger partial charge on any atom is -0.495 e. The molecule has 0 saturated heterocycles. The van der Waals surface area contributed by atoms with E-state index in [2.05, 4.69) is 5.32 Å². The van der Waals surface area contributed by atoms with Crippen LogP contribution in [0.5, 0.6) is 5.75 Å². The predicted octanol–water partition coefficient (Wildman–Crippen LogP) is 3.96. The first kappa shape index (κ1) is 18.8. The molecular formula is C19H21ClN2O3. The second-order valence-corrected chi connectivity index (χ2v) is 6.26. The number of nitrogens with zero attached hydrogens (tertiary/aromatic N) is 1. The van der Waals surface area contributed by atoms with Crippen molar-refractivity contribution in [3.8, 4) is 5.75 Å². The van der Waals surface area contributed by atoms with Gasteiger partial charge in [0.05, 0.1) is 12.1 Å². The van der Waals surface area contributed by atoms with Crippen molar-refractivity contribution in [1.82, 2.24) is 0 Å². The van der Waals surface area contributed by atoms with Crippen LogP contribution in [0.15, 0.2) is 36.4 Å². The Bertz CT molecular complexity index is 785. The molecule has 6 heteroatoms. The normalized spacial score (nSPS) is 10.3. The Hall–Kier alpha value is -2.53. The maximum atomic E-state index is 12.4. The highest BCUT2D eigenvalue weighted by atomic mass is 35.5. The molecule has 5 nitrogen and oxygen atoms in total. The number of carbonyl (C=O) groups is 2. The van der Waals surface area contributed by atoms with Gasteiger partial charge in [0.2, 0.25) is 11.8 Å². The standard InChI is InChI=1S/C19H21ClN2O3/c1-12-7-13(2)9-15(8-12)21-19(24)11-22(14(3)23)16-5-6-18(25-4)17(20)10-16/h5-10H,11H2,1-4H3,(H,21,24). The zero-order valence-electron chi connectivity index (χ0n) is 14.7. The van der Waals surface area contributed by atoms with Crippen LogP contribution in [0.4, 0.5) is 11.4 Å². The summed E-state index contributed by atoms with van der Waals surface area (Å²) in [5.74, 6) is -0.0300. The Balaban J connectivity index is 2.17. The maximum absolute atomic E-state index is 12.4. The minimum absolute atomic E-state index is 0.106. The van der Waals surface area contributed by atoms with Crippen LogP contribution >= 0.6 is 11.6 Å². The number of hydrogen-bond acceptors (Lipinski definition) is 3. The molecule has 2 aromatic rings. The van der Waals surface area contributed by atoms with Gasteiger partial charge in [0, 0.05) is 18.3 Å². The van der Waals surface area contributed by atoms with Crippen molar-refractivity contribution >= 4 is 34.8 Å². The zero-order chi connectivity index (χ0) is 18.6. The summed E-state index contributed by atoms with van der Waals surface area (Å²) >= 11 is 6.12. The van der Waals surface area contributed by atoms with Crippen LogP contribution in [0.1, 0.15) is 18.1 Å². The molecule has 0 heterocycles. The van der Waals surface area contributed by atoms with Gasteiger partial charge in [-0.3, -0.25) is 9.59 Å². The number of nitrogens with one attached hydrogen (secondary N) is 1. The summed E-state index contributed by atoms with van der Waals surface area (Å²) in [6, 6.07) is 10.7. The molecule has 0 unspecified atom stereocenters. The number of anilines is 2.